The van der Waals surface area contributed by atoms with E-state index < -0.39 is 0 Å². The first-order chi connectivity index (χ1) is 11.7. The molecule has 2 aromatic rings. The summed E-state index contributed by atoms with van der Waals surface area (Å²) in [5, 5.41) is 4.89. The van der Waals surface area contributed by atoms with Crippen LogP contribution in [0, 0.1) is 0 Å². The normalized spacial score (nSPS) is 14.5. The first kappa shape index (κ1) is 16.5. The molecule has 3 rings (SSSR count). The zero-order valence-corrected chi connectivity index (χ0v) is 14.2. The topological polar surface area (TPSA) is 49.4 Å². The molecule has 1 fully saturated rings. The fourth-order valence-corrected chi connectivity index (χ4v) is 3.36. The summed E-state index contributed by atoms with van der Waals surface area (Å²) in [6.45, 7) is 1.91. The third-order valence-corrected chi connectivity index (χ3v) is 4.88. The van der Waals surface area contributed by atoms with Crippen LogP contribution in [0.15, 0.2) is 47.9 Å². The minimum atomic E-state index is -0.115. The van der Waals surface area contributed by atoms with Gasteiger partial charge >= 0.3 is 0 Å². The molecular formula is C19H20N2O2S. The van der Waals surface area contributed by atoms with Crippen LogP contribution < -0.4 is 5.32 Å². The van der Waals surface area contributed by atoms with Crippen LogP contribution in [0.3, 0.4) is 0 Å². The molecule has 1 aromatic heterocycles. The molecule has 4 nitrogen and oxygen atoms in total. The Morgan fingerprint density at radius 2 is 2.04 bits per heavy atom. The molecule has 2 amide bonds. The second-order valence-corrected chi connectivity index (χ2v) is 6.73. The summed E-state index contributed by atoms with van der Waals surface area (Å²) in [5.41, 5.74) is 2.14. The van der Waals surface area contributed by atoms with E-state index in [9.17, 15) is 9.59 Å². The Labute approximate surface area is 145 Å². The van der Waals surface area contributed by atoms with Gasteiger partial charge in [-0.25, -0.2) is 0 Å². The molecule has 2 heterocycles. The van der Waals surface area contributed by atoms with Crippen LogP contribution in [0.1, 0.15) is 28.8 Å². The highest BCUT2D eigenvalue weighted by atomic mass is 32.1. The van der Waals surface area contributed by atoms with Crippen molar-refractivity contribution < 1.29 is 9.59 Å². The first-order valence-corrected chi connectivity index (χ1v) is 8.94. The molecule has 0 bridgehead atoms. The van der Waals surface area contributed by atoms with Crippen molar-refractivity contribution in [2.75, 3.05) is 6.54 Å². The first-order valence-electron chi connectivity index (χ1n) is 8.06. The number of thiophene rings is 1. The molecule has 0 unspecified atom stereocenters. The molecule has 0 radical (unpaired) electrons. The molecule has 5 heteroatoms. The monoisotopic (exact) mass is 340 g/mol. The van der Waals surface area contributed by atoms with E-state index in [0.717, 1.165) is 29.0 Å². The van der Waals surface area contributed by atoms with Crippen LogP contribution in [0.2, 0.25) is 0 Å². The Hall–Kier alpha value is -2.40. The number of rotatable bonds is 6. The van der Waals surface area contributed by atoms with Crippen molar-refractivity contribution in [3.05, 3.63) is 63.9 Å². The number of carbonyl (C=O) groups is 2. The molecule has 1 saturated heterocycles. The zero-order chi connectivity index (χ0) is 16.8. The summed E-state index contributed by atoms with van der Waals surface area (Å²) in [4.78, 5) is 26.7. The van der Waals surface area contributed by atoms with Gasteiger partial charge in [0.1, 0.15) is 0 Å². The van der Waals surface area contributed by atoms with Gasteiger partial charge in [-0.3, -0.25) is 9.59 Å². The zero-order valence-electron chi connectivity index (χ0n) is 13.4. The molecule has 1 aliphatic heterocycles. The minimum Gasteiger partial charge on any atom is -0.348 e. The third-order valence-electron chi connectivity index (χ3n) is 4.05. The molecule has 124 valence electrons. The molecular weight excluding hydrogens is 320 g/mol. The van der Waals surface area contributed by atoms with E-state index in [1.54, 1.807) is 17.4 Å². The summed E-state index contributed by atoms with van der Waals surface area (Å²) >= 11 is 1.60. The highest BCUT2D eigenvalue weighted by Crippen LogP contribution is 2.17. The van der Waals surface area contributed by atoms with E-state index in [0.29, 0.717) is 19.5 Å². The Kier molecular flexibility index (Phi) is 5.43. The van der Waals surface area contributed by atoms with E-state index in [2.05, 4.69) is 5.32 Å². The predicted octanol–water partition coefficient (Wildman–Crippen LogP) is 3.20. The van der Waals surface area contributed by atoms with Crippen LogP contribution in [-0.2, 0) is 22.7 Å². The molecule has 1 N–H and O–H groups in total. The van der Waals surface area contributed by atoms with Crippen LogP contribution in [-0.4, -0.2) is 23.3 Å². The van der Waals surface area contributed by atoms with Crippen molar-refractivity contribution in [2.45, 2.75) is 25.9 Å². The van der Waals surface area contributed by atoms with Crippen LogP contribution in [0.4, 0.5) is 0 Å². The standard InChI is InChI=1S/C19H20N2O2S/c22-18(10-9-17-7-4-12-24-17)20-13-15-5-1-2-6-16(15)14-21-11-3-8-19(21)23/h1-2,4-7,9-10,12H,3,8,11,13-14H2,(H,20,22). The van der Waals surface area contributed by atoms with E-state index in [-0.39, 0.29) is 11.8 Å². The molecule has 0 saturated carbocycles. The summed E-state index contributed by atoms with van der Waals surface area (Å²) < 4.78 is 0. The average Bonchev–Trinajstić information content (AvgIpc) is 3.24. The Morgan fingerprint density at radius 1 is 1.21 bits per heavy atom. The fourth-order valence-electron chi connectivity index (χ4n) is 2.75. The van der Waals surface area contributed by atoms with Crippen LogP contribution in [0.5, 0.6) is 0 Å². The van der Waals surface area contributed by atoms with Crippen molar-refractivity contribution in [1.82, 2.24) is 10.2 Å². The lowest BCUT2D eigenvalue weighted by atomic mass is 10.1. The maximum Gasteiger partial charge on any atom is 0.244 e. The van der Waals surface area contributed by atoms with Gasteiger partial charge in [0.25, 0.3) is 0 Å². The Balaban J connectivity index is 1.58. The summed E-state index contributed by atoms with van der Waals surface area (Å²) in [7, 11) is 0. The summed E-state index contributed by atoms with van der Waals surface area (Å²) in [5.74, 6) is 0.100. The molecule has 0 spiro atoms. The smallest absolute Gasteiger partial charge is 0.244 e. The van der Waals surface area contributed by atoms with Crippen molar-refractivity contribution in [1.29, 1.82) is 0 Å². The fraction of sp³-hybridized carbons (Fsp3) is 0.263. The second kappa shape index (κ2) is 7.93. The third kappa shape index (κ3) is 4.32. The van der Waals surface area contributed by atoms with Crippen molar-refractivity contribution in [3.8, 4) is 0 Å². The van der Waals surface area contributed by atoms with Gasteiger partial charge in [-0.1, -0.05) is 30.3 Å². The van der Waals surface area contributed by atoms with Gasteiger partial charge in [0.05, 0.1) is 0 Å². The number of nitrogens with zero attached hydrogens (tertiary/aromatic N) is 1. The van der Waals surface area contributed by atoms with Gasteiger partial charge in [0.15, 0.2) is 0 Å². The quantitative estimate of drug-likeness (QED) is 0.821. The van der Waals surface area contributed by atoms with E-state index in [1.807, 2.05) is 52.8 Å². The molecule has 0 aliphatic carbocycles. The lowest BCUT2D eigenvalue weighted by molar-refractivity contribution is -0.128. The predicted molar refractivity (Wildman–Crippen MR) is 96.3 cm³/mol. The highest BCUT2D eigenvalue weighted by molar-refractivity contribution is 7.10. The largest absolute Gasteiger partial charge is 0.348 e. The van der Waals surface area contributed by atoms with E-state index in [1.165, 1.54) is 0 Å². The van der Waals surface area contributed by atoms with Crippen LogP contribution >= 0.6 is 11.3 Å². The number of hydrogen-bond acceptors (Lipinski definition) is 3. The number of likely N-dealkylation sites (tertiary alicyclic amines) is 1. The van der Waals surface area contributed by atoms with Crippen molar-refractivity contribution >= 4 is 29.2 Å². The lowest BCUT2D eigenvalue weighted by Gasteiger charge is -2.18. The van der Waals surface area contributed by atoms with Crippen molar-refractivity contribution in [3.63, 3.8) is 0 Å². The highest BCUT2D eigenvalue weighted by Gasteiger charge is 2.20. The maximum atomic E-state index is 12.0. The van der Waals surface area contributed by atoms with Gasteiger partial charge in [0, 0.05) is 37.0 Å². The Morgan fingerprint density at radius 3 is 2.75 bits per heavy atom. The number of nitrogens with one attached hydrogen (secondary N) is 1. The van der Waals surface area contributed by atoms with Crippen LogP contribution in [0.25, 0.3) is 6.08 Å². The van der Waals surface area contributed by atoms with Gasteiger partial charge in [-0.2, -0.15) is 0 Å². The van der Waals surface area contributed by atoms with Gasteiger partial charge in [0.2, 0.25) is 11.8 Å². The van der Waals surface area contributed by atoms with Gasteiger partial charge in [-0.05, 0) is 35.1 Å². The average molecular weight is 340 g/mol. The Bertz CT molecular complexity index is 738. The van der Waals surface area contributed by atoms with E-state index >= 15 is 0 Å². The molecule has 0 atom stereocenters. The molecule has 1 aliphatic rings. The number of hydrogen-bond donors (Lipinski definition) is 1. The number of carbonyl (C=O) groups excluding carboxylic acids is 2. The summed E-state index contributed by atoms with van der Waals surface area (Å²) in [6, 6.07) is 11.9. The number of benzene rings is 1. The minimum absolute atomic E-state index is 0.115. The van der Waals surface area contributed by atoms with Gasteiger partial charge < -0.3 is 10.2 Å². The molecule has 1 aromatic carbocycles. The van der Waals surface area contributed by atoms with Crippen molar-refractivity contribution in [2.24, 2.45) is 0 Å². The SMILES string of the molecule is O=C(C=Cc1cccs1)NCc1ccccc1CN1CCCC1=O. The molecule has 24 heavy (non-hydrogen) atoms. The summed E-state index contributed by atoms with van der Waals surface area (Å²) in [6.07, 6.45) is 4.95. The maximum absolute atomic E-state index is 12.0. The second-order valence-electron chi connectivity index (χ2n) is 5.75. The van der Waals surface area contributed by atoms with E-state index in [4.69, 9.17) is 0 Å². The lowest BCUT2D eigenvalue weighted by Crippen LogP contribution is -2.26. The van der Waals surface area contributed by atoms with Gasteiger partial charge in [-0.15, -0.1) is 11.3 Å². The number of amides is 2.